The van der Waals surface area contributed by atoms with Crippen LogP contribution in [0.15, 0.2) is 18.2 Å². The van der Waals surface area contributed by atoms with E-state index in [4.69, 9.17) is 0 Å². The molecule has 0 amide bonds. The molecule has 0 saturated carbocycles. The zero-order chi connectivity index (χ0) is 12.0. The molecule has 2 nitrogen and oxygen atoms in total. The van der Waals surface area contributed by atoms with Gasteiger partial charge >= 0.3 is 0 Å². The fraction of sp³-hybridized carbons (Fsp3) is 0.467. The van der Waals surface area contributed by atoms with Crippen molar-refractivity contribution in [2.75, 3.05) is 14.1 Å². The third-order valence-electron chi connectivity index (χ3n) is 4.05. The predicted molar refractivity (Wildman–Crippen MR) is 72.5 cm³/mol. The van der Waals surface area contributed by atoms with E-state index in [1.165, 1.54) is 41.4 Å². The molecule has 0 aliphatic heterocycles. The molecule has 0 spiro atoms. The van der Waals surface area contributed by atoms with Gasteiger partial charge in [-0.2, -0.15) is 0 Å². The molecule has 1 aromatic heterocycles. The molecule has 90 valence electrons. The standard InChI is InChI=1S/C15H20N2/c1-10-4-6-14-12(8-10)13-9-11(17(2)3)5-7-15(13)16-14/h4,6,8,11,16H,5,7,9H2,1-3H3/t11-/m1/s1. The van der Waals surface area contributed by atoms with Crippen LogP contribution in [0.2, 0.25) is 0 Å². The van der Waals surface area contributed by atoms with E-state index in [9.17, 15) is 0 Å². The van der Waals surface area contributed by atoms with E-state index in [1.807, 2.05) is 0 Å². The lowest BCUT2D eigenvalue weighted by atomic mass is 9.90. The lowest BCUT2D eigenvalue weighted by molar-refractivity contribution is 0.268. The Kier molecular flexibility index (Phi) is 2.48. The fourth-order valence-electron chi connectivity index (χ4n) is 2.95. The number of nitrogens with one attached hydrogen (secondary N) is 1. The van der Waals surface area contributed by atoms with Gasteiger partial charge in [0.15, 0.2) is 0 Å². The van der Waals surface area contributed by atoms with Crippen molar-refractivity contribution in [3.8, 4) is 0 Å². The van der Waals surface area contributed by atoms with E-state index < -0.39 is 0 Å². The van der Waals surface area contributed by atoms with Gasteiger partial charge in [0.2, 0.25) is 0 Å². The highest BCUT2D eigenvalue weighted by molar-refractivity contribution is 5.85. The molecule has 0 radical (unpaired) electrons. The van der Waals surface area contributed by atoms with Crippen LogP contribution < -0.4 is 0 Å². The minimum absolute atomic E-state index is 0.696. The Hall–Kier alpha value is -1.28. The smallest absolute Gasteiger partial charge is 0.0459 e. The van der Waals surface area contributed by atoms with Gasteiger partial charge in [0.25, 0.3) is 0 Å². The normalized spacial score (nSPS) is 19.9. The third-order valence-corrected chi connectivity index (χ3v) is 4.05. The number of H-pyrrole nitrogens is 1. The van der Waals surface area contributed by atoms with E-state index >= 15 is 0 Å². The molecule has 17 heavy (non-hydrogen) atoms. The Bertz CT molecular complexity index is 551. The number of aryl methyl sites for hydroxylation is 2. The molecule has 2 aromatic rings. The second-order valence-corrected chi connectivity index (χ2v) is 5.49. The molecule has 0 fully saturated rings. The highest BCUT2D eigenvalue weighted by Crippen LogP contribution is 2.30. The van der Waals surface area contributed by atoms with Gasteiger partial charge in [0, 0.05) is 22.6 Å². The van der Waals surface area contributed by atoms with Gasteiger partial charge in [-0.1, -0.05) is 11.6 Å². The summed E-state index contributed by atoms with van der Waals surface area (Å²) >= 11 is 0. The maximum absolute atomic E-state index is 3.58. The van der Waals surface area contributed by atoms with Crippen molar-refractivity contribution in [2.45, 2.75) is 32.2 Å². The summed E-state index contributed by atoms with van der Waals surface area (Å²) in [4.78, 5) is 5.94. The quantitative estimate of drug-likeness (QED) is 0.795. The largest absolute Gasteiger partial charge is 0.358 e. The van der Waals surface area contributed by atoms with Crippen molar-refractivity contribution in [3.63, 3.8) is 0 Å². The molecule has 1 aromatic carbocycles. The number of hydrogen-bond acceptors (Lipinski definition) is 1. The summed E-state index contributed by atoms with van der Waals surface area (Å²) in [6.45, 7) is 2.17. The Balaban J connectivity index is 2.10. The van der Waals surface area contributed by atoms with E-state index in [-0.39, 0.29) is 0 Å². The van der Waals surface area contributed by atoms with Crippen molar-refractivity contribution < 1.29 is 0 Å². The molecule has 2 heteroatoms. The summed E-state index contributed by atoms with van der Waals surface area (Å²) in [6, 6.07) is 7.42. The summed E-state index contributed by atoms with van der Waals surface area (Å²) in [5.74, 6) is 0. The average molecular weight is 228 g/mol. The minimum atomic E-state index is 0.696. The number of hydrogen-bond donors (Lipinski definition) is 1. The maximum atomic E-state index is 3.58. The number of benzene rings is 1. The van der Waals surface area contributed by atoms with E-state index in [2.05, 4.69) is 49.1 Å². The summed E-state index contributed by atoms with van der Waals surface area (Å²) in [7, 11) is 4.38. The van der Waals surface area contributed by atoms with Crippen LogP contribution in [0, 0.1) is 6.92 Å². The van der Waals surface area contributed by atoms with Crippen LogP contribution in [0.1, 0.15) is 23.2 Å². The van der Waals surface area contributed by atoms with E-state index in [0.29, 0.717) is 6.04 Å². The predicted octanol–water partition coefficient (Wildman–Crippen LogP) is 2.90. The van der Waals surface area contributed by atoms with Gasteiger partial charge in [-0.15, -0.1) is 0 Å². The first-order valence-electron chi connectivity index (χ1n) is 6.41. The van der Waals surface area contributed by atoms with Gasteiger partial charge in [0.1, 0.15) is 0 Å². The molecule has 1 heterocycles. The second-order valence-electron chi connectivity index (χ2n) is 5.49. The van der Waals surface area contributed by atoms with Crippen LogP contribution in [0.4, 0.5) is 0 Å². The highest BCUT2D eigenvalue weighted by Gasteiger charge is 2.23. The summed E-state index contributed by atoms with van der Waals surface area (Å²) in [5.41, 5.74) is 5.67. The second kappa shape index (κ2) is 3.88. The fourth-order valence-corrected chi connectivity index (χ4v) is 2.95. The summed E-state index contributed by atoms with van der Waals surface area (Å²) < 4.78 is 0. The molecule has 0 unspecified atom stereocenters. The van der Waals surface area contributed by atoms with Crippen LogP contribution in [0.3, 0.4) is 0 Å². The number of fused-ring (bicyclic) bond motifs is 3. The summed E-state index contributed by atoms with van der Waals surface area (Å²) in [5, 5.41) is 1.44. The van der Waals surface area contributed by atoms with Crippen molar-refractivity contribution in [1.82, 2.24) is 9.88 Å². The first-order chi connectivity index (χ1) is 8.15. The van der Waals surface area contributed by atoms with Crippen molar-refractivity contribution in [3.05, 3.63) is 35.0 Å². The van der Waals surface area contributed by atoms with Gasteiger partial charge in [-0.3, -0.25) is 0 Å². The van der Waals surface area contributed by atoms with Crippen LogP contribution in [0.25, 0.3) is 10.9 Å². The lowest BCUT2D eigenvalue weighted by Gasteiger charge is -2.28. The molecular formula is C15H20N2. The number of aromatic amines is 1. The Morgan fingerprint density at radius 1 is 1.29 bits per heavy atom. The Labute approximate surface area is 103 Å². The molecular weight excluding hydrogens is 208 g/mol. The molecule has 0 bridgehead atoms. The van der Waals surface area contributed by atoms with Crippen molar-refractivity contribution in [2.24, 2.45) is 0 Å². The van der Waals surface area contributed by atoms with Crippen LogP contribution in [0.5, 0.6) is 0 Å². The molecule has 1 atom stereocenters. The molecule has 3 rings (SSSR count). The minimum Gasteiger partial charge on any atom is -0.358 e. The Morgan fingerprint density at radius 3 is 2.88 bits per heavy atom. The molecule has 0 saturated heterocycles. The van der Waals surface area contributed by atoms with Crippen LogP contribution in [-0.4, -0.2) is 30.0 Å². The van der Waals surface area contributed by atoms with E-state index in [1.54, 1.807) is 5.56 Å². The third kappa shape index (κ3) is 1.77. The van der Waals surface area contributed by atoms with Crippen molar-refractivity contribution in [1.29, 1.82) is 0 Å². The van der Waals surface area contributed by atoms with Gasteiger partial charge in [-0.05, 0) is 58.0 Å². The average Bonchev–Trinajstić information content (AvgIpc) is 2.66. The number of aromatic nitrogens is 1. The Morgan fingerprint density at radius 2 is 2.12 bits per heavy atom. The number of nitrogens with zero attached hydrogens (tertiary/aromatic N) is 1. The van der Waals surface area contributed by atoms with Crippen LogP contribution >= 0.6 is 0 Å². The monoisotopic (exact) mass is 228 g/mol. The SMILES string of the molecule is Cc1ccc2[nH]c3c(c2c1)C[C@H](N(C)C)CC3. The zero-order valence-corrected chi connectivity index (χ0v) is 10.9. The van der Waals surface area contributed by atoms with Gasteiger partial charge in [0.05, 0.1) is 0 Å². The number of likely N-dealkylation sites (N-methyl/N-ethyl adjacent to an activating group) is 1. The number of rotatable bonds is 1. The zero-order valence-electron chi connectivity index (χ0n) is 10.9. The van der Waals surface area contributed by atoms with Gasteiger partial charge < -0.3 is 9.88 Å². The van der Waals surface area contributed by atoms with Crippen LogP contribution in [-0.2, 0) is 12.8 Å². The first-order valence-corrected chi connectivity index (χ1v) is 6.41. The highest BCUT2D eigenvalue weighted by atomic mass is 15.1. The van der Waals surface area contributed by atoms with Crippen molar-refractivity contribution >= 4 is 10.9 Å². The van der Waals surface area contributed by atoms with Gasteiger partial charge in [-0.25, -0.2) is 0 Å². The summed E-state index contributed by atoms with van der Waals surface area (Å²) in [6.07, 6.45) is 3.64. The maximum Gasteiger partial charge on any atom is 0.0459 e. The topological polar surface area (TPSA) is 19.0 Å². The lowest BCUT2D eigenvalue weighted by Crippen LogP contribution is -2.33. The molecule has 1 aliphatic carbocycles. The van der Waals surface area contributed by atoms with E-state index in [0.717, 1.165) is 0 Å². The molecule has 1 aliphatic rings. The first kappa shape index (κ1) is 10.8. The molecule has 1 N–H and O–H groups in total.